The van der Waals surface area contributed by atoms with Crippen LogP contribution in [0.25, 0.3) is 0 Å². The van der Waals surface area contributed by atoms with Crippen LogP contribution in [-0.4, -0.2) is 31.8 Å². The Morgan fingerprint density at radius 3 is 2.34 bits per heavy atom. The normalized spacial score (nSPS) is 10.6. The van der Waals surface area contributed by atoms with E-state index in [1.807, 2.05) is 38.1 Å². The number of carbonyl (C=O) groups excluding carboxylic acids is 2. The Morgan fingerprint density at radius 1 is 0.938 bits per heavy atom. The lowest BCUT2D eigenvalue weighted by Gasteiger charge is -2.11. The van der Waals surface area contributed by atoms with Crippen molar-refractivity contribution >= 4 is 18.1 Å². The van der Waals surface area contributed by atoms with Gasteiger partial charge >= 0.3 is 5.97 Å². The highest BCUT2D eigenvalue weighted by Crippen LogP contribution is 2.28. The third kappa shape index (κ3) is 5.95. The van der Waals surface area contributed by atoms with E-state index >= 15 is 0 Å². The first kappa shape index (κ1) is 22.6. The zero-order valence-corrected chi connectivity index (χ0v) is 18.1. The summed E-state index contributed by atoms with van der Waals surface area (Å²) in [5.74, 6) is 0.468. The van der Waals surface area contributed by atoms with E-state index in [1.54, 1.807) is 42.5 Å². The molecular weight excluding hydrogens is 408 g/mol. The van der Waals surface area contributed by atoms with Crippen LogP contribution in [0.5, 0.6) is 17.2 Å². The fraction of sp³-hybridized carbons (Fsp3) is 0.160. The number of rotatable bonds is 8. The first-order valence-corrected chi connectivity index (χ1v) is 9.94. The molecule has 0 aliphatic heterocycles. The third-order valence-corrected chi connectivity index (χ3v) is 4.56. The van der Waals surface area contributed by atoms with E-state index in [1.165, 1.54) is 13.3 Å². The summed E-state index contributed by atoms with van der Waals surface area (Å²) in [6.45, 7) is 3.69. The monoisotopic (exact) mass is 432 g/mol. The summed E-state index contributed by atoms with van der Waals surface area (Å²) in [6.07, 6.45) is 1.46. The first-order valence-electron chi connectivity index (χ1n) is 9.94. The molecule has 0 spiro atoms. The summed E-state index contributed by atoms with van der Waals surface area (Å²) in [4.78, 5) is 24.3. The van der Waals surface area contributed by atoms with Crippen molar-refractivity contribution in [3.63, 3.8) is 0 Å². The maximum Gasteiger partial charge on any atom is 0.343 e. The average molecular weight is 432 g/mol. The molecule has 0 aliphatic carbocycles. The number of carbonyl (C=O) groups is 2. The fourth-order valence-corrected chi connectivity index (χ4v) is 2.96. The van der Waals surface area contributed by atoms with Crippen molar-refractivity contribution in [3.05, 3.63) is 89.0 Å². The van der Waals surface area contributed by atoms with Gasteiger partial charge in [-0.25, -0.2) is 10.2 Å². The molecule has 0 heterocycles. The molecule has 3 aromatic rings. The third-order valence-electron chi connectivity index (χ3n) is 4.56. The van der Waals surface area contributed by atoms with Gasteiger partial charge < -0.3 is 14.2 Å². The summed E-state index contributed by atoms with van der Waals surface area (Å²) in [6, 6.07) is 19.4. The van der Waals surface area contributed by atoms with Crippen molar-refractivity contribution in [1.82, 2.24) is 5.43 Å². The number of hydrogen-bond acceptors (Lipinski definition) is 6. The van der Waals surface area contributed by atoms with Crippen molar-refractivity contribution in [2.45, 2.75) is 13.8 Å². The zero-order chi connectivity index (χ0) is 22.9. The summed E-state index contributed by atoms with van der Waals surface area (Å²) in [7, 11) is 1.47. The quantitative estimate of drug-likeness (QED) is 0.251. The molecule has 1 N–H and O–H groups in total. The average Bonchev–Trinajstić information content (AvgIpc) is 2.80. The minimum absolute atomic E-state index is 0.152. The number of methoxy groups -OCH3 is 1. The number of nitrogens with one attached hydrogen (secondary N) is 1. The number of aryl methyl sites for hydroxylation is 2. The predicted molar refractivity (Wildman–Crippen MR) is 122 cm³/mol. The molecule has 0 saturated heterocycles. The maximum atomic E-state index is 12.3. The highest BCUT2D eigenvalue weighted by Gasteiger charge is 2.12. The van der Waals surface area contributed by atoms with Crippen LogP contribution in [0, 0.1) is 13.8 Å². The van der Waals surface area contributed by atoms with E-state index in [0.717, 1.165) is 11.1 Å². The Bertz CT molecular complexity index is 1110. The molecule has 3 aromatic carbocycles. The van der Waals surface area contributed by atoms with Gasteiger partial charge in [0.2, 0.25) is 0 Å². The van der Waals surface area contributed by atoms with Gasteiger partial charge in [0, 0.05) is 0 Å². The number of esters is 1. The largest absolute Gasteiger partial charge is 0.493 e. The highest BCUT2D eigenvalue weighted by molar-refractivity contribution is 5.91. The SMILES string of the molecule is COc1cc(/C=N/NC(=O)COc2c(C)cccc2C)ccc1OC(=O)c1ccccc1. The molecule has 3 rings (SSSR count). The maximum absolute atomic E-state index is 12.3. The van der Waals surface area contributed by atoms with Crippen molar-refractivity contribution in [3.8, 4) is 17.2 Å². The van der Waals surface area contributed by atoms with Crippen LogP contribution in [0.15, 0.2) is 71.8 Å². The topological polar surface area (TPSA) is 86.2 Å². The van der Waals surface area contributed by atoms with Gasteiger partial charge in [0.05, 0.1) is 18.9 Å². The molecule has 0 aliphatic rings. The van der Waals surface area contributed by atoms with Crippen molar-refractivity contribution < 1.29 is 23.8 Å². The van der Waals surface area contributed by atoms with Crippen LogP contribution in [0.2, 0.25) is 0 Å². The van der Waals surface area contributed by atoms with E-state index in [2.05, 4.69) is 10.5 Å². The molecule has 32 heavy (non-hydrogen) atoms. The van der Waals surface area contributed by atoms with Crippen molar-refractivity contribution in [2.24, 2.45) is 5.10 Å². The van der Waals surface area contributed by atoms with Crippen LogP contribution in [-0.2, 0) is 4.79 Å². The summed E-state index contributed by atoms with van der Waals surface area (Å²) < 4.78 is 16.3. The minimum atomic E-state index is -0.485. The number of benzene rings is 3. The number of hydrogen-bond donors (Lipinski definition) is 1. The van der Waals surface area contributed by atoms with Gasteiger partial charge in [-0.3, -0.25) is 4.79 Å². The van der Waals surface area contributed by atoms with Gasteiger partial charge in [0.15, 0.2) is 18.1 Å². The van der Waals surface area contributed by atoms with Gasteiger partial charge in [-0.15, -0.1) is 0 Å². The second kappa shape index (κ2) is 10.8. The van der Waals surface area contributed by atoms with Crippen molar-refractivity contribution in [1.29, 1.82) is 0 Å². The molecule has 0 unspecified atom stereocenters. The Labute approximate surface area is 186 Å². The highest BCUT2D eigenvalue weighted by atomic mass is 16.6. The lowest BCUT2D eigenvalue weighted by molar-refractivity contribution is -0.123. The lowest BCUT2D eigenvalue weighted by atomic mass is 10.1. The number of hydrazone groups is 1. The Morgan fingerprint density at radius 2 is 1.66 bits per heavy atom. The Kier molecular flexibility index (Phi) is 7.59. The molecule has 164 valence electrons. The van der Waals surface area contributed by atoms with E-state index in [4.69, 9.17) is 14.2 Å². The molecule has 0 saturated carbocycles. The predicted octanol–water partition coefficient (Wildman–Crippen LogP) is 4.06. The molecule has 7 nitrogen and oxygen atoms in total. The second-order valence-corrected chi connectivity index (χ2v) is 6.97. The molecule has 1 amide bonds. The number of nitrogens with zero attached hydrogens (tertiary/aromatic N) is 1. The number of amides is 1. The molecule has 7 heteroatoms. The summed E-state index contributed by atoms with van der Waals surface area (Å²) in [5.41, 5.74) is 5.43. The van der Waals surface area contributed by atoms with Crippen LogP contribution in [0.3, 0.4) is 0 Å². The minimum Gasteiger partial charge on any atom is -0.493 e. The van der Waals surface area contributed by atoms with Crippen LogP contribution in [0.4, 0.5) is 0 Å². The van der Waals surface area contributed by atoms with Gasteiger partial charge in [-0.2, -0.15) is 5.10 Å². The smallest absolute Gasteiger partial charge is 0.343 e. The lowest BCUT2D eigenvalue weighted by Crippen LogP contribution is -2.25. The number of para-hydroxylation sites is 1. The van der Waals surface area contributed by atoms with Crippen LogP contribution in [0.1, 0.15) is 27.0 Å². The van der Waals surface area contributed by atoms with E-state index in [-0.39, 0.29) is 18.3 Å². The molecule has 0 radical (unpaired) electrons. The van der Waals surface area contributed by atoms with Gasteiger partial charge in [0.1, 0.15) is 5.75 Å². The van der Waals surface area contributed by atoms with Gasteiger partial charge in [-0.1, -0.05) is 36.4 Å². The van der Waals surface area contributed by atoms with Crippen molar-refractivity contribution in [2.75, 3.05) is 13.7 Å². The van der Waals surface area contributed by atoms with Gasteiger partial charge in [-0.05, 0) is 60.9 Å². The van der Waals surface area contributed by atoms with Gasteiger partial charge in [0.25, 0.3) is 5.91 Å². The fourth-order valence-electron chi connectivity index (χ4n) is 2.96. The van der Waals surface area contributed by atoms with E-state index in [9.17, 15) is 9.59 Å². The summed E-state index contributed by atoms with van der Waals surface area (Å²) in [5, 5.41) is 3.94. The summed E-state index contributed by atoms with van der Waals surface area (Å²) >= 11 is 0. The van der Waals surface area contributed by atoms with E-state index < -0.39 is 5.97 Å². The van der Waals surface area contributed by atoms with Crippen LogP contribution < -0.4 is 19.6 Å². The Balaban J connectivity index is 1.57. The molecule has 0 aromatic heterocycles. The molecular formula is C25H24N2O5. The molecule has 0 fully saturated rings. The first-order chi connectivity index (χ1) is 15.5. The number of ether oxygens (including phenoxy) is 3. The van der Waals surface area contributed by atoms with E-state index in [0.29, 0.717) is 22.6 Å². The van der Waals surface area contributed by atoms with Crippen LogP contribution >= 0.6 is 0 Å². The molecule has 0 bridgehead atoms. The second-order valence-electron chi connectivity index (χ2n) is 6.97. The molecule has 0 atom stereocenters. The zero-order valence-electron chi connectivity index (χ0n) is 18.1. The standard InChI is InChI=1S/C25H24N2O5/c1-17-8-7-9-18(2)24(17)31-16-23(28)27-26-15-19-12-13-21(22(14-19)30-3)32-25(29)20-10-5-4-6-11-20/h4-15H,16H2,1-3H3,(H,27,28)/b26-15+. The Hall–Kier alpha value is -4.13.